The molecule has 2 aromatic heterocycles. The van der Waals surface area contributed by atoms with Gasteiger partial charge >= 0.3 is 0 Å². The Labute approximate surface area is 126 Å². The fourth-order valence-corrected chi connectivity index (χ4v) is 3.32. The van der Waals surface area contributed by atoms with Gasteiger partial charge in [-0.2, -0.15) is 0 Å². The number of rotatable bonds is 2. The number of benzene rings is 1. The van der Waals surface area contributed by atoms with Gasteiger partial charge < -0.3 is 5.32 Å². The van der Waals surface area contributed by atoms with E-state index >= 15 is 0 Å². The maximum atomic E-state index is 5.91. The maximum Gasteiger partial charge on any atom is 0.143 e. The summed E-state index contributed by atoms with van der Waals surface area (Å²) in [5.41, 5.74) is 2.21. The van der Waals surface area contributed by atoms with Gasteiger partial charge in [0.25, 0.3) is 0 Å². The fourth-order valence-electron chi connectivity index (χ4n) is 2.12. The summed E-state index contributed by atoms with van der Waals surface area (Å²) in [6.07, 6.45) is 0. The Morgan fingerprint density at radius 1 is 1.05 bits per heavy atom. The van der Waals surface area contributed by atoms with Crippen molar-refractivity contribution in [1.82, 2.24) is 9.97 Å². The molecule has 0 radical (unpaired) electrons. The molecular weight excluding hydrogens is 290 g/mol. The Morgan fingerprint density at radius 2 is 1.75 bits per heavy atom. The molecule has 1 N–H and O–H groups in total. The van der Waals surface area contributed by atoms with Crippen molar-refractivity contribution in [3.05, 3.63) is 45.6 Å². The fraction of sp³-hybridized carbons (Fsp3) is 0.200. The summed E-state index contributed by atoms with van der Waals surface area (Å²) in [4.78, 5) is 11.4. The van der Waals surface area contributed by atoms with E-state index in [2.05, 4.69) is 29.1 Å². The first kappa shape index (κ1) is 13.3. The lowest BCUT2D eigenvalue weighted by Gasteiger charge is -2.08. The van der Waals surface area contributed by atoms with E-state index in [0.717, 1.165) is 32.6 Å². The first-order valence-electron chi connectivity index (χ1n) is 6.31. The van der Waals surface area contributed by atoms with Gasteiger partial charge in [-0.3, -0.25) is 0 Å². The molecule has 0 aliphatic rings. The summed E-state index contributed by atoms with van der Waals surface area (Å²) >= 11 is 7.62. The van der Waals surface area contributed by atoms with Crippen LogP contribution in [0.1, 0.15) is 16.3 Å². The molecule has 102 valence electrons. The van der Waals surface area contributed by atoms with Crippen LogP contribution in [0, 0.1) is 20.8 Å². The number of aromatic nitrogens is 2. The third-order valence-electron chi connectivity index (χ3n) is 3.25. The van der Waals surface area contributed by atoms with Crippen molar-refractivity contribution in [1.29, 1.82) is 0 Å². The van der Waals surface area contributed by atoms with Gasteiger partial charge in [-0.15, -0.1) is 11.3 Å². The zero-order chi connectivity index (χ0) is 14.3. The van der Waals surface area contributed by atoms with Crippen molar-refractivity contribution >= 4 is 44.7 Å². The number of hydrogen-bond acceptors (Lipinski definition) is 4. The molecule has 0 aliphatic carbocycles. The molecule has 0 unspecified atom stereocenters. The van der Waals surface area contributed by atoms with Crippen molar-refractivity contribution in [3.8, 4) is 0 Å². The molecule has 0 fully saturated rings. The SMILES string of the molecule is Cc1nc(Nc2ccc(Cl)cc2)c2c(C)c(C)sc2n1. The predicted octanol–water partition coefficient (Wildman–Crippen LogP) is 5.01. The van der Waals surface area contributed by atoms with Gasteiger partial charge in [-0.25, -0.2) is 9.97 Å². The van der Waals surface area contributed by atoms with Gasteiger partial charge in [0, 0.05) is 15.6 Å². The first-order chi connectivity index (χ1) is 9.54. The number of nitrogens with zero attached hydrogens (tertiary/aromatic N) is 2. The van der Waals surface area contributed by atoms with E-state index in [0.29, 0.717) is 0 Å². The molecule has 0 atom stereocenters. The Bertz CT molecular complexity index is 778. The van der Waals surface area contributed by atoms with E-state index < -0.39 is 0 Å². The molecule has 3 aromatic rings. The lowest BCUT2D eigenvalue weighted by molar-refractivity contribution is 1.10. The Kier molecular flexibility index (Phi) is 3.36. The second kappa shape index (κ2) is 5.04. The van der Waals surface area contributed by atoms with Crippen molar-refractivity contribution in [2.45, 2.75) is 20.8 Å². The van der Waals surface area contributed by atoms with E-state index in [-0.39, 0.29) is 0 Å². The number of thiophene rings is 1. The molecule has 20 heavy (non-hydrogen) atoms. The standard InChI is InChI=1S/C15H14ClN3S/c1-8-9(2)20-15-13(8)14(17-10(3)18-15)19-12-6-4-11(16)5-7-12/h4-7H,1-3H3,(H,17,18,19). The number of aryl methyl sites for hydroxylation is 3. The van der Waals surface area contributed by atoms with Crippen LogP contribution in [0.3, 0.4) is 0 Å². The molecule has 0 aliphatic heterocycles. The minimum Gasteiger partial charge on any atom is -0.340 e. The van der Waals surface area contributed by atoms with E-state index in [4.69, 9.17) is 11.6 Å². The quantitative estimate of drug-likeness (QED) is 0.723. The van der Waals surface area contributed by atoms with Crippen LogP contribution in [0.5, 0.6) is 0 Å². The van der Waals surface area contributed by atoms with Gasteiger partial charge in [-0.1, -0.05) is 11.6 Å². The highest BCUT2D eigenvalue weighted by molar-refractivity contribution is 7.18. The zero-order valence-electron chi connectivity index (χ0n) is 11.5. The molecule has 5 heteroatoms. The Hall–Kier alpha value is -1.65. The molecule has 3 rings (SSSR count). The van der Waals surface area contributed by atoms with Crippen LogP contribution in [0.4, 0.5) is 11.5 Å². The summed E-state index contributed by atoms with van der Waals surface area (Å²) in [5, 5.41) is 5.19. The highest BCUT2D eigenvalue weighted by Gasteiger charge is 2.13. The molecular formula is C15H14ClN3S. The highest BCUT2D eigenvalue weighted by Crippen LogP contribution is 2.34. The maximum absolute atomic E-state index is 5.91. The molecule has 0 spiro atoms. The minimum absolute atomic E-state index is 0.724. The number of nitrogens with one attached hydrogen (secondary N) is 1. The molecule has 1 aromatic carbocycles. The van der Waals surface area contributed by atoms with Gasteiger partial charge in [0.2, 0.25) is 0 Å². The normalized spacial score (nSPS) is 11.0. The van der Waals surface area contributed by atoms with Crippen LogP contribution >= 0.6 is 22.9 Å². The van der Waals surface area contributed by atoms with Gasteiger partial charge in [-0.05, 0) is 50.6 Å². The summed E-state index contributed by atoms with van der Waals surface area (Å²) in [6, 6.07) is 7.61. The summed E-state index contributed by atoms with van der Waals surface area (Å²) < 4.78 is 0. The summed E-state index contributed by atoms with van der Waals surface area (Å²) in [6.45, 7) is 6.14. The molecule has 3 nitrogen and oxygen atoms in total. The monoisotopic (exact) mass is 303 g/mol. The third kappa shape index (κ3) is 2.37. The minimum atomic E-state index is 0.724. The molecule has 0 saturated carbocycles. The highest BCUT2D eigenvalue weighted by atomic mass is 35.5. The van der Waals surface area contributed by atoms with Crippen molar-refractivity contribution in [2.75, 3.05) is 5.32 Å². The van der Waals surface area contributed by atoms with E-state index in [1.54, 1.807) is 11.3 Å². The second-order valence-corrected chi connectivity index (χ2v) is 6.35. The molecule has 0 saturated heterocycles. The second-order valence-electron chi connectivity index (χ2n) is 4.71. The Morgan fingerprint density at radius 3 is 2.45 bits per heavy atom. The van der Waals surface area contributed by atoms with Crippen molar-refractivity contribution in [3.63, 3.8) is 0 Å². The number of fused-ring (bicyclic) bond motifs is 1. The first-order valence-corrected chi connectivity index (χ1v) is 7.51. The lowest BCUT2D eigenvalue weighted by atomic mass is 10.2. The van der Waals surface area contributed by atoms with E-state index in [1.807, 2.05) is 31.2 Å². The average molecular weight is 304 g/mol. The molecule has 0 amide bonds. The largest absolute Gasteiger partial charge is 0.340 e. The molecule has 0 bridgehead atoms. The van der Waals surface area contributed by atoms with E-state index in [1.165, 1.54) is 10.4 Å². The van der Waals surface area contributed by atoms with Crippen LogP contribution in [0.2, 0.25) is 5.02 Å². The molecule has 2 heterocycles. The number of halogens is 1. The zero-order valence-corrected chi connectivity index (χ0v) is 13.1. The van der Waals surface area contributed by atoms with Gasteiger partial charge in [0.05, 0.1) is 5.39 Å². The van der Waals surface area contributed by atoms with Gasteiger partial charge in [0.15, 0.2) is 0 Å². The summed E-state index contributed by atoms with van der Waals surface area (Å²) in [5.74, 6) is 1.63. The Balaban J connectivity index is 2.12. The summed E-state index contributed by atoms with van der Waals surface area (Å²) in [7, 11) is 0. The number of anilines is 2. The van der Waals surface area contributed by atoms with E-state index in [9.17, 15) is 0 Å². The van der Waals surface area contributed by atoms with Crippen LogP contribution in [-0.2, 0) is 0 Å². The van der Waals surface area contributed by atoms with Crippen LogP contribution < -0.4 is 5.32 Å². The third-order valence-corrected chi connectivity index (χ3v) is 4.60. The van der Waals surface area contributed by atoms with Crippen LogP contribution in [0.15, 0.2) is 24.3 Å². The lowest BCUT2D eigenvalue weighted by Crippen LogP contribution is -1.98. The smallest absolute Gasteiger partial charge is 0.143 e. The number of hydrogen-bond donors (Lipinski definition) is 1. The average Bonchev–Trinajstić information content (AvgIpc) is 2.67. The van der Waals surface area contributed by atoms with Crippen molar-refractivity contribution in [2.24, 2.45) is 0 Å². The van der Waals surface area contributed by atoms with Crippen molar-refractivity contribution < 1.29 is 0 Å². The van der Waals surface area contributed by atoms with Crippen LogP contribution in [0.25, 0.3) is 10.2 Å². The van der Waals surface area contributed by atoms with Gasteiger partial charge in [0.1, 0.15) is 16.5 Å². The topological polar surface area (TPSA) is 37.8 Å². The van der Waals surface area contributed by atoms with Crippen LogP contribution in [-0.4, -0.2) is 9.97 Å². The predicted molar refractivity (Wildman–Crippen MR) is 86.4 cm³/mol.